The lowest BCUT2D eigenvalue weighted by Gasteiger charge is -2.20. The predicted molar refractivity (Wildman–Crippen MR) is 130 cm³/mol. The second-order valence-corrected chi connectivity index (χ2v) is 9.64. The van der Waals surface area contributed by atoms with Crippen molar-refractivity contribution < 1.29 is 30.0 Å². The number of phenolic OH excluding ortho intramolecular Hbond substituents is 2. The van der Waals surface area contributed by atoms with Gasteiger partial charge in [0.2, 0.25) is 0 Å². The van der Waals surface area contributed by atoms with E-state index in [9.17, 15) is 30.0 Å². The van der Waals surface area contributed by atoms with E-state index in [0.29, 0.717) is 30.4 Å². The van der Waals surface area contributed by atoms with Crippen molar-refractivity contribution in [1.29, 1.82) is 0 Å². The highest BCUT2D eigenvalue weighted by molar-refractivity contribution is 5.96. The summed E-state index contributed by atoms with van der Waals surface area (Å²) in [5.41, 5.74) is 0.270. The highest BCUT2D eigenvalue weighted by atomic mass is 16.3. The number of hydrogen-bond acceptors (Lipinski definition) is 6. The Kier molecular flexibility index (Phi) is 10.3. The topological polar surface area (TPSA) is 115 Å². The lowest BCUT2D eigenvalue weighted by Crippen LogP contribution is -2.34. The zero-order chi connectivity index (χ0) is 25.4. The summed E-state index contributed by atoms with van der Waals surface area (Å²) < 4.78 is 0. The highest BCUT2D eigenvalue weighted by Crippen LogP contribution is 2.28. The first-order valence-corrected chi connectivity index (χ1v) is 11.2. The second kappa shape index (κ2) is 12.0. The SMILES string of the molecule is C/C(=C/C(=O)C/C(C)=C/Cc1cc(O)cc(C)c1O)CCC[C@](C)(O)C(=O)/C=C/C(C)(C)O. The Morgan fingerprint density at radius 3 is 2.27 bits per heavy atom. The third-order valence-corrected chi connectivity index (χ3v) is 5.30. The van der Waals surface area contributed by atoms with Crippen LogP contribution in [0.4, 0.5) is 0 Å². The minimum Gasteiger partial charge on any atom is -0.508 e. The Bertz CT molecular complexity index is 942. The standard InChI is InChI=1S/C27H38O6/c1-18(8-7-12-27(6,33)24(30)11-13-26(4,5)32)14-22(28)15-19(2)9-10-21-17-23(29)16-20(3)25(21)31/h9,11,13-14,16-17,29,31-33H,7-8,10,12,15H2,1-6H3/b13-11+,18-14-,19-9+/t27-/m0/s1. The molecule has 0 radical (unpaired) electrons. The van der Waals surface area contributed by atoms with Gasteiger partial charge < -0.3 is 20.4 Å². The Hall–Kier alpha value is -2.70. The fourth-order valence-electron chi connectivity index (χ4n) is 3.31. The molecule has 0 aliphatic rings. The average molecular weight is 459 g/mol. The van der Waals surface area contributed by atoms with E-state index in [1.54, 1.807) is 26.8 Å². The molecule has 0 spiro atoms. The number of aryl methyl sites for hydroxylation is 1. The number of aromatic hydroxyl groups is 2. The summed E-state index contributed by atoms with van der Waals surface area (Å²) in [5, 5.41) is 39.9. The summed E-state index contributed by atoms with van der Waals surface area (Å²) in [6.07, 6.45) is 8.01. The maximum absolute atomic E-state index is 12.4. The van der Waals surface area contributed by atoms with Gasteiger partial charge in [-0.05, 0) is 97.1 Å². The van der Waals surface area contributed by atoms with Crippen LogP contribution in [0.3, 0.4) is 0 Å². The molecule has 0 heterocycles. The van der Waals surface area contributed by atoms with Crippen LogP contribution in [-0.2, 0) is 16.0 Å². The number of phenols is 2. The molecular formula is C27H38O6. The minimum atomic E-state index is -1.53. The van der Waals surface area contributed by atoms with Crippen LogP contribution in [-0.4, -0.2) is 43.2 Å². The molecule has 4 N–H and O–H groups in total. The number of ketones is 2. The lowest BCUT2D eigenvalue weighted by atomic mass is 9.91. The summed E-state index contributed by atoms with van der Waals surface area (Å²) in [5.74, 6) is -0.275. The smallest absolute Gasteiger partial charge is 0.186 e. The van der Waals surface area contributed by atoms with Crippen molar-refractivity contribution in [3.05, 3.63) is 58.7 Å². The van der Waals surface area contributed by atoms with Crippen LogP contribution in [0, 0.1) is 6.92 Å². The fourth-order valence-corrected chi connectivity index (χ4v) is 3.31. The molecule has 0 saturated carbocycles. The largest absolute Gasteiger partial charge is 0.508 e. The molecule has 1 aromatic carbocycles. The molecule has 0 aliphatic carbocycles. The van der Waals surface area contributed by atoms with Gasteiger partial charge in [0.05, 0.1) is 5.60 Å². The van der Waals surface area contributed by atoms with E-state index >= 15 is 0 Å². The minimum absolute atomic E-state index is 0.0477. The van der Waals surface area contributed by atoms with Crippen molar-refractivity contribution in [1.82, 2.24) is 0 Å². The average Bonchev–Trinajstić information content (AvgIpc) is 2.66. The molecule has 1 rings (SSSR count). The first-order chi connectivity index (χ1) is 15.1. The van der Waals surface area contributed by atoms with Gasteiger partial charge in [0.1, 0.15) is 17.1 Å². The Morgan fingerprint density at radius 2 is 1.67 bits per heavy atom. The van der Waals surface area contributed by atoms with Crippen LogP contribution in [0.25, 0.3) is 0 Å². The van der Waals surface area contributed by atoms with Crippen molar-refractivity contribution in [3.8, 4) is 11.5 Å². The number of rotatable bonds is 12. The Balaban J connectivity index is 2.58. The zero-order valence-electron chi connectivity index (χ0n) is 20.6. The molecule has 0 aliphatic heterocycles. The molecule has 6 heteroatoms. The molecule has 0 aromatic heterocycles. The summed E-state index contributed by atoms with van der Waals surface area (Å²) >= 11 is 0. The molecule has 0 fully saturated rings. The first-order valence-electron chi connectivity index (χ1n) is 11.2. The van der Waals surface area contributed by atoms with E-state index in [1.807, 2.05) is 19.9 Å². The highest BCUT2D eigenvalue weighted by Gasteiger charge is 2.27. The van der Waals surface area contributed by atoms with Gasteiger partial charge >= 0.3 is 0 Å². The summed E-state index contributed by atoms with van der Waals surface area (Å²) in [6.45, 7) is 9.95. The maximum Gasteiger partial charge on any atom is 0.186 e. The van der Waals surface area contributed by atoms with E-state index in [0.717, 1.165) is 11.1 Å². The molecule has 1 aromatic rings. The molecule has 33 heavy (non-hydrogen) atoms. The number of carbonyl (C=O) groups excluding carboxylic acids is 2. The van der Waals surface area contributed by atoms with E-state index in [2.05, 4.69) is 0 Å². The molecule has 0 saturated heterocycles. The van der Waals surface area contributed by atoms with Gasteiger partial charge in [-0.25, -0.2) is 0 Å². The van der Waals surface area contributed by atoms with Crippen LogP contribution in [0.2, 0.25) is 0 Å². The molecule has 6 nitrogen and oxygen atoms in total. The first kappa shape index (κ1) is 28.3. The summed E-state index contributed by atoms with van der Waals surface area (Å²) in [4.78, 5) is 24.5. The third kappa shape index (κ3) is 10.6. The fraction of sp³-hybridized carbons (Fsp3) is 0.481. The van der Waals surface area contributed by atoms with Crippen molar-refractivity contribution in [2.24, 2.45) is 0 Å². The van der Waals surface area contributed by atoms with Gasteiger partial charge in [0.25, 0.3) is 0 Å². The van der Waals surface area contributed by atoms with E-state index in [4.69, 9.17) is 0 Å². The van der Waals surface area contributed by atoms with Gasteiger partial charge in [-0.15, -0.1) is 0 Å². The summed E-state index contributed by atoms with van der Waals surface area (Å²) in [6, 6.07) is 3.01. The number of allylic oxidation sites excluding steroid dienone is 4. The Morgan fingerprint density at radius 1 is 1.03 bits per heavy atom. The molecular weight excluding hydrogens is 420 g/mol. The van der Waals surface area contributed by atoms with Gasteiger partial charge in [-0.1, -0.05) is 23.3 Å². The number of carbonyl (C=O) groups is 2. The van der Waals surface area contributed by atoms with E-state index < -0.39 is 17.0 Å². The molecule has 1 atom stereocenters. The Labute approximate surface area is 197 Å². The van der Waals surface area contributed by atoms with Crippen LogP contribution in [0.1, 0.15) is 71.4 Å². The number of aliphatic hydroxyl groups is 2. The molecule has 0 amide bonds. The quantitative estimate of drug-likeness (QED) is 0.206. The van der Waals surface area contributed by atoms with Gasteiger partial charge in [0, 0.05) is 12.0 Å². The second-order valence-electron chi connectivity index (χ2n) is 9.64. The third-order valence-electron chi connectivity index (χ3n) is 5.30. The monoisotopic (exact) mass is 458 g/mol. The van der Waals surface area contributed by atoms with Crippen molar-refractivity contribution in [3.63, 3.8) is 0 Å². The number of hydrogen-bond donors (Lipinski definition) is 4. The molecule has 182 valence electrons. The van der Waals surface area contributed by atoms with Crippen molar-refractivity contribution in [2.45, 2.75) is 84.8 Å². The predicted octanol–water partition coefficient (Wildman–Crippen LogP) is 4.62. The van der Waals surface area contributed by atoms with Crippen LogP contribution in [0.5, 0.6) is 11.5 Å². The number of benzene rings is 1. The van der Waals surface area contributed by atoms with Crippen LogP contribution >= 0.6 is 0 Å². The van der Waals surface area contributed by atoms with Crippen molar-refractivity contribution >= 4 is 11.6 Å². The summed E-state index contributed by atoms with van der Waals surface area (Å²) in [7, 11) is 0. The zero-order valence-corrected chi connectivity index (χ0v) is 20.6. The van der Waals surface area contributed by atoms with Crippen molar-refractivity contribution in [2.75, 3.05) is 0 Å². The van der Waals surface area contributed by atoms with Crippen LogP contribution in [0.15, 0.2) is 47.6 Å². The van der Waals surface area contributed by atoms with E-state index in [1.165, 1.54) is 31.2 Å². The van der Waals surface area contributed by atoms with Crippen LogP contribution < -0.4 is 0 Å². The molecule has 0 bridgehead atoms. The van der Waals surface area contributed by atoms with Gasteiger partial charge in [0.15, 0.2) is 11.6 Å². The lowest BCUT2D eigenvalue weighted by molar-refractivity contribution is -0.131. The maximum atomic E-state index is 12.4. The van der Waals surface area contributed by atoms with Gasteiger partial charge in [-0.3, -0.25) is 9.59 Å². The molecule has 0 unspecified atom stereocenters. The van der Waals surface area contributed by atoms with E-state index in [-0.39, 0.29) is 30.1 Å². The normalized spacial score (nSPS) is 15.0. The van der Waals surface area contributed by atoms with Gasteiger partial charge in [-0.2, -0.15) is 0 Å².